The van der Waals surface area contributed by atoms with E-state index in [1.54, 1.807) is 25.1 Å². The summed E-state index contributed by atoms with van der Waals surface area (Å²) in [4.78, 5) is 47.5. The van der Waals surface area contributed by atoms with Crippen molar-refractivity contribution in [2.45, 2.75) is 36.7 Å². The van der Waals surface area contributed by atoms with Gasteiger partial charge in [0.2, 0.25) is 5.91 Å². The summed E-state index contributed by atoms with van der Waals surface area (Å²) in [5.74, 6) is -1.65. The number of thiazole rings is 1. The first-order valence-electron chi connectivity index (χ1n) is 13.4. The zero-order valence-corrected chi connectivity index (χ0v) is 26.1. The Morgan fingerprint density at radius 3 is 2.56 bits per heavy atom. The second-order valence-corrected chi connectivity index (χ2v) is 12.9. The van der Waals surface area contributed by atoms with Crippen LogP contribution in [0.5, 0.6) is 0 Å². The minimum absolute atomic E-state index is 0.0177. The highest BCUT2D eigenvalue weighted by Crippen LogP contribution is 2.35. The average Bonchev–Trinajstić information content (AvgIpc) is 3.47. The molecule has 2 aromatic carbocycles. The summed E-state index contributed by atoms with van der Waals surface area (Å²) >= 11 is 15.0. The zero-order valence-electron chi connectivity index (χ0n) is 23.0. The number of rotatable bonds is 9. The highest BCUT2D eigenvalue weighted by Gasteiger charge is 2.28. The van der Waals surface area contributed by atoms with Crippen molar-refractivity contribution in [3.63, 3.8) is 0 Å². The fraction of sp³-hybridized carbons (Fsp3) is 0.233. The number of aromatic carboxylic acids is 1. The molecule has 9 nitrogen and oxygen atoms in total. The molecule has 0 aliphatic carbocycles. The number of carboxylic acids is 1. The van der Waals surface area contributed by atoms with E-state index < -0.39 is 11.9 Å². The zero-order chi connectivity index (χ0) is 30.5. The van der Waals surface area contributed by atoms with Crippen molar-refractivity contribution in [1.82, 2.24) is 19.2 Å². The topological polar surface area (TPSA) is 116 Å². The maximum atomic E-state index is 12.7. The van der Waals surface area contributed by atoms with Gasteiger partial charge in [-0.2, -0.15) is 0 Å². The van der Waals surface area contributed by atoms with Crippen molar-refractivity contribution in [2.75, 3.05) is 18.4 Å². The van der Waals surface area contributed by atoms with E-state index in [0.717, 1.165) is 53.6 Å². The van der Waals surface area contributed by atoms with E-state index in [1.807, 2.05) is 34.0 Å². The highest BCUT2D eigenvalue weighted by molar-refractivity contribution is 7.99. The van der Waals surface area contributed by atoms with Crippen LogP contribution >= 0.6 is 46.5 Å². The Hall–Kier alpha value is -3.48. The first-order chi connectivity index (χ1) is 20.7. The maximum absolute atomic E-state index is 12.7. The normalized spacial score (nSPS) is 13.9. The van der Waals surface area contributed by atoms with Gasteiger partial charge in [0, 0.05) is 73.6 Å². The number of likely N-dealkylation sites (tertiary alicyclic amines) is 1. The van der Waals surface area contributed by atoms with Crippen LogP contribution in [0, 0.1) is 0 Å². The van der Waals surface area contributed by atoms with Crippen molar-refractivity contribution < 1.29 is 19.5 Å². The highest BCUT2D eigenvalue weighted by atomic mass is 35.5. The second-order valence-electron chi connectivity index (χ2n) is 9.99. The number of amides is 2. The van der Waals surface area contributed by atoms with E-state index >= 15 is 0 Å². The van der Waals surface area contributed by atoms with E-state index in [2.05, 4.69) is 15.2 Å². The number of nitrogens with zero attached hydrogens (tertiary/aromatic N) is 4. The number of carbonyl (C=O) groups excluding carboxylic acids is 2. The smallest absolute Gasteiger partial charge is 0.337 e. The molecule has 0 radical (unpaired) electrons. The van der Waals surface area contributed by atoms with E-state index in [-0.39, 0.29) is 23.1 Å². The third kappa shape index (κ3) is 7.92. The van der Waals surface area contributed by atoms with E-state index in [0.29, 0.717) is 15.7 Å². The molecule has 4 aromatic rings. The van der Waals surface area contributed by atoms with Gasteiger partial charge in [-0.25, -0.2) is 9.78 Å². The van der Waals surface area contributed by atoms with Gasteiger partial charge in [0.25, 0.3) is 5.91 Å². The molecule has 2 amide bonds. The molecule has 0 atom stereocenters. The van der Waals surface area contributed by atoms with Crippen LogP contribution < -0.4 is 5.32 Å². The lowest BCUT2D eigenvalue weighted by molar-refractivity contribution is -0.125. The summed E-state index contributed by atoms with van der Waals surface area (Å²) in [6, 6.07) is 14.3. The molecule has 5 rings (SSSR count). The first kappa shape index (κ1) is 31.0. The van der Waals surface area contributed by atoms with Crippen LogP contribution in [-0.4, -0.2) is 61.2 Å². The molecule has 2 aromatic heterocycles. The molecule has 2 N–H and O–H groups in total. The van der Waals surface area contributed by atoms with Gasteiger partial charge in [0.15, 0.2) is 4.34 Å². The molecule has 43 heavy (non-hydrogen) atoms. The SMILES string of the molecule is CC(=O)N(Sc1nc(-c2cccc(NC(=O)c3cncc(C(=O)O)c3)c2)cs1)C1CCN(Cc2ccc(Cl)c(Cl)c2)CC1. The maximum Gasteiger partial charge on any atom is 0.337 e. The molecule has 1 saturated heterocycles. The standard InChI is InChI=1S/C30H27Cl2N5O4S2/c1-18(38)37(24-7-9-36(10-8-24)16-19-5-6-25(31)26(32)11-19)43-30-35-27(17-42-30)20-3-2-4-23(13-20)34-28(39)21-12-22(29(40)41)15-33-14-21/h2-6,11-15,17,24H,7-10,16H2,1H3,(H,34,39)(H,40,41). The number of hydrogen-bond acceptors (Lipinski definition) is 8. The van der Waals surface area contributed by atoms with E-state index in [1.165, 1.54) is 41.7 Å². The Bertz CT molecular complexity index is 1660. The Morgan fingerprint density at radius 2 is 1.84 bits per heavy atom. The Morgan fingerprint density at radius 1 is 1.07 bits per heavy atom. The van der Waals surface area contributed by atoms with Crippen LogP contribution in [0.15, 0.2) is 70.6 Å². The number of halogens is 2. The van der Waals surface area contributed by atoms with Gasteiger partial charge >= 0.3 is 5.97 Å². The number of nitrogens with one attached hydrogen (secondary N) is 1. The quantitative estimate of drug-likeness (QED) is 0.186. The van der Waals surface area contributed by atoms with Crippen molar-refractivity contribution in [3.8, 4) is 11.3 Å². The van der Waals surface area contributed by atoms with Crippen molar-refractivity contribution in [2.24, 2.45) is 0 Å². The van der Waals surface area contributed by atoms with Crippen molar-refractivity contribution in [1.29, 1.82) is 0 Å². The van der Waals surface area contributed by atoms with Crippen LogP contribution in [-0.2, 0) is 11.3 Å². The fourth-order valence-corrected chi connectivity index (χ4v) is 6.99. The van der Waals surface area contributed by atoms with Gasteiger partial charge in [0.1, 0.15) is 0 Å². The lowest BCUT2D eigenvalue weighted by atomic mass is 10.0. The van der Waals surface area contributed by atoms with E-state index in [4.69, 9.17) is 33.3 Å². The van der Waals surface area contributed by atoms with Gasteiger partial charge < -0.3 is 10.4 Å². The molecule has 0 saturated carbocycles. The predicted octanol–water partition coefficient (Wildman–Crippen LogP) is 6.98. The second kappa shape index (κ2) is 13.9. The third-order valence-electron chi connectivity index (χ3n) is 6.91. The number of hydrogen-bond donors (Lipinski definition) is 2. The van der Waals surface area contributed by atoms with Gasteiger partial charge in [0.05, 0.1) is 26.9 Å². The molecule has 0 bridgehead atoms. The lowest BCUT2D eigenvalue weighted by Gasteiger charge is -2.37. The van der Waals surface area contributed by atoms with Gasteiger partial charge in [-0.05, 0) is 48.7 Å². The largest absolute Gasteiger partial charge is 0.478 e. The van der Waals surface area contributed by atoms with Crippen LogP contribution in [0.3, 0.4) is 0 Å². The predicted molar refractivity (Wildman–Crippen MR) is 170 cm³/mol. The number of aromatic nitrogens is 2. The number of piperidine rings is 1. The Balaban J connectivity index is 1.20. The van der Waals surface area contributed by atoms with Crippen LogP contribution in [0.25, 0.3) is 11.3 Å². The number of pyridine rings is 1. The van der Waals surface area contributed by atoms with Crippen LogP contribution in [0.2, 0.25) is 10.0 Å². The molecule has 222 valence electrons. The number of benzene rings is 2. The minimum atomic E-state index is -1.16. The first-order valence-corrected chi connectivity index (χ1v) is 15.8. The Kier molecular flexibility index (Phi) is 9.99. The summed E-state index contributed by atoms with van der Waals surface area (Å²) < 4.78 is 2.57. The molecule has 1 fully saturated rings. The Labute approximate surface area is 267 Å². The molecule has 0 unspecified atom stereocenters. The third-order valence-corrected chi connectivity index (χ3v) is 9.80. The summed E-state index contributed by atoms with van der Waals surface area (Å²) in [7, 11) is 0. The number of carbonyl (C=O) groups is 3. The molecule has 3 heterocycles. The summed E-state index contributed by atoms with van der Waals surface area (Å²) in [6.07, 6.45) is 4.20. The monoisotopic (exact) mass is 655 g/mol. The summed E-state index contributed by atoms with van der Waals surface area (Å²) in [5.41, 5.74) is 3.23. The van der Waals surface area contributed by atoms with Crippen LogP contribution in [0.4, 0.5) is 5.69 Å². The minimum Gasteiger partial charge on any atom is -0.478 e. The molecule has 0 spiro atoms. The molecule has 13 heteroatoms. The van der Waals surface area contributed by atoms with Crippen LogP contribution in [0.1, 0.15) is 46.0 Å². The molecule has 1 aliphatic heterocycles. The molecular weight excluding hydrogens is 629 g/mol. The van der Waals surface area contributed by atoms with Gasteiger partial charge in [-0.3, -0.25) is 23.8 Å². The number of anilines is 1. The number of carboxylic acid groups (broad SMARTS) is 1. The average molecular weight is 657 g/mol. The van der Waals surface area contributed by atoms with E-state index in [9.17, 15) is 14.4 Å². The summed E-state index contributed by atoms with van der Waals surface area (Å²) in [5, 5.41) is 15.0. The summed E-state index contributed by atoms with van der Waals surface area (Å²) in [6.45, 7) is 4.07. The fourth-order valence-electron chi connectivity index (χ4n) is 4.76. The lowest BCUT2D eigenvalue weighted by Crippen LogP contribution is -2.43. The molecule has 1 aliphatic rings. The van der Waals surface area contributed by atoms with Gasteiger partial charge in [-0.15, -0.1) is 11.3 Å². The van der Waals surface area contributed by atoms with Gasteiger partial charge in [-0.1, -0.05) is 41.4 Å². The van der Waals surface area contributed by atoms with Crippen molar-refractivity contribution >= 4 is 70.0 Å². The van der Waals surface area contributed by atoms with Crippen molar-refractivity contribution in [3.05, 3.63) is 93.0 Å². The molecular formula is C30H27Cl2N5O4S2.